The third kappa shape index (κ3) is 6.32. The van der Waals surface area contributed by atoms with Gasteiger partial charge in [0.05, 0.1) is 11.6 Å². The van der Waals surface area contributed by atoms with Gasteiger partial charge in [0.25, 0.3) is 0 Å². The van der Waals surface area contributed by atoms with Gasteiger partial charge in [0.1, 0.15) is 0 Å². The van der Waals surface area contributed by atoms with Crippen LogP contribution in [-0.4, -0.2) is 10.7 Å². The SMILES string of the molecule is N#Cc1ccc(CNC(c2cccnc2)C2C=C(CSc3ccccc3)CCCC2)cc1. The van der Waals surface area contributed by atoms with Gasteiger partial charge in [-0.1, -0.05) is 54.5 Å². The maximum absolute atomic E-state index is 9.05. The molecule has 32 heavy (non-hydrogen) atoms. The summed E-state index contributed by atoms with van der Waals surface area (Å²) in [5, 5.41) is 12.9. The Bertz CT molecular complexity index is 1040. The van der Waals surface area contributed by atoms with Gasteiger partial charge in [-0.15, -0.1) is 11.8 Å². The number of nitrogens with zero attached hydrogens (tertiary/aromatic N) is 2. The Morgan fingerprint density at radius 2 is 1.88 bits per heavy atom. The smallest absolute Gasteiger partial charge is 0.0991 e. The highest BCUT2D eigenvalue weighted by Gasteiger charge is 2.23. The minimum atomic E-state index is 0.217. The van der Waals surface area contributed by atoms with Crippen LogP contribution in [0.4, 0.5) is 0 Å². The average Bonchev–Trinajstić information content (AvgIpc) is 3.10. The number of nitrogens with one attached hydrogen (secondary N) is 1. The molecule has 2 atom stereocenters. The molecule has 2 aromatic carbocycles. The van der Waals surface area contributed by atoms with Crippen molar-refractivity contribution >= 4 is 11.8 Å². The highest BCUT2D eigenvalue weighted by Crippen LogP contribution is 2.34. The Morgan fingerprint density at radius 1 is 1.03 bits per heavy atom. The molecular formula is C28H29N3S. The van der Waals surface area contributed by atoms with Crippen molar-refractivity contribution in [2.45, 2.75) is 43.2 Å². The molecular weight excluding hydrogens is 410 g/mol. The van der Waals surface area contributed by atoms with E-state index in [1.54, 1.807) is 5.57 Å². The summed E-state index contributed by atoms with van der Waals surface area (Å²) in [6.45, 7) is 0.768. The molecule has 4 rings (SSSR count). The van der Waals surface area contributed by atoms with Crippen molar-refractivity contribution in [3.8, 4) is 6.07 Å². The molecule has 2 unspecified atom stereocenters. The topological polar surface area (TPSA) is 48.7 Å². The van der Waals surface area contributed by atoms with E-state index in [1.807, 2.05) is 54.5 Å². The van der Waals surface area contributed by atoms with Crippen LogP contribution < -0.4 is 5.32 Å². The zero-order chi connectivity index (χ0) is 22.0. The number of rotatable bonds is 8. The van der Waals surface area contributed by atoms with E-state index in [4.69, 9.17) is 5.26 Å². The normalized spacial score (nSPS) is 17.1. The van der Waals surface area contributed by atoms with Gasteiger partial charge in [-0.05, 0) is 66.6 Å². The quantitative estimate of drug-likeness (QED) is 0.314. The van der Waals surface area contributed by atoms with Crippen LogP contribution in [0.3, 0.4) is 0 Å². The van der Waals surface area contributed by atoms with Crippen molar-refractivity contribution < 1.29 is 0 Å². The maximum atomic E-state index is 9.05. The predicted molar refractivity (Wildman–Crippen MR) is 132 cm³/mol. The van der Waals surface area contributed by atoms with Crippen molar-refractivity contribution in [1.82, 2.24) is 10.3 Å². The zero-order valence-electron chi connectivity index (χ0n) is 18.3. The summed E-state index contributed by atoms with van der Waals surface area (Å²) in [6, 6.07) is 25.1. The summed E-state index contributed by atoms with van der Waals surface area (Å²) in [7, 11) is 0. The molecule has 3 nitrogen and oxygen atoms in total. The maximum Gasteiger partial charge on any atom is 0.0991 e. The number of pyridine rings is 1. The monoisotopic (exact) mass is 439 g/mol. The fourth-order valence-corrected chi connectivity index (χ4v) is 5.22. The molecule has 0 radical (unpaired) electrons. The molecule has 0 bridgehead atoms. The molecule has 0 saturated heterocycles. The van der Waals surface area contributed by atoms with E-state index in [1.165, 1.54) is 41.7 Å². The number of thioether (sulfide) groups is 1. The molecule has 4 heteroatoms. The summed E-state index contributed by atoms with van der Waals surface area (Å²) in [5.41, 5.74) is 4.68. The molecule has 0 spiro atoms. The Morgan fingerprint density at radius 3 is 2.62 bits per heavy atom. The fourth-order valence-electron chi connectivity index (χ4n) is 4.28. The van der Waals surface area contributed by atoms with Gasteiger partial charge in [-0.25, -0.2) is 0 Å². The van der Waals surface area contributed by atoms with Crippen LogP contribution in [0.1, 0.15) is 48.4 Å². The highest BCUT2D eigenvalue weighted by molar-refractivity contribution is 7.99. The molecule has 1 heterocycles. The van der Waals surface area contributed by atoms with E-state index in [0.717, 1.165) is 12.3 Å². The van der Waals surface area contributed by atoms with Crippen LogP contribution in [0.2, 0.25) is 0 Å². The van der Waals surface area contributed by atoms with Crippen LogP contribution >= 0.6 is 11.8 Å². The molecule has 1 aliphatic rings. The largest absolute Gasteiger partial charge is 0.305 e. The van der Waals surface area contributed by atoms with Crippen LogP contribution in [0.15, 0.2) is 95.7 Å². The minimum absolute atomic E-state index is 0.217. The minimum Gasteiger partial charge on any atom is -0.305 e. The van der Waals surface area contributed by atoms with Crippen molar-refractivity contribution in [3.63, 3.8) is 0 Å². The number of hydrogen-bond donors (Lipinski definition) is 1. The molecule has 1 N–H and O–H groups in total. The van der Waals surface area contributed by atoms with E-state index in [-0.39, 0.29) is 6.04 Å². The molecule has 1 aliphatic carbocycles. The second-order valence-electron chi connectivity index (χ2n) is 8.29. The molecule has 0 saturated carbocycles. The molecule has 0 fully saturated rings. The van der Waals surface area contributed by atoms with E-state index < -0.39 is 0 Å². The number of benzene rings is 2. The third-order valence-electron chi connectivity index (χ3n) is 5.98. The van der Waals surface area contributed by atoms with Crippen LogP contribution in [0, 0.1) is 17.2 Å². The summed E-state index contributed by atoms with van der Waals surface area (Å²) in [6.07, 6.45) is 11.2. The van der Waals surface area contributed by atoms with E-state index in [2.05, 4.69) is 58.8 Å². The van der Waals surface area contributed by atoms with E-state index in [0.29, 0.717) is 11.5 Å². The van der Waals surface area contributed by atoms with Crippen LogP contribution in [-0.2, 0) is 6.54 Å². The Hall–Kier alpha value is -2.87. The van der Waals surface area contributed by atoms with Gasteiger partial charge < -0.3 is 5.32 Å². The summed E-state index contributed by atoms with van der Waals surface area (Å²) in [4.78, 5) is 5.73. The van der Waals surface area contributed by atoms with Gasteiger partial charge in [0, 0.05) is 35.6 Å². The molecule has 0 amide bonds. The van der Waals surface area contributed by atoms with E-state index >= 15 is 0 Å². The summed E-state index contributed by atoms with van der Waals surface area (Å²) < 4.78 is 0. The second kappa shape index (κ2) is 11.7. The summed E-state index contributed by atoms with van der Waals surface area (Å²) >= 11 is 1.93. The lowest BCUT2D eigenvalue weighted by Crippen LogP contribution is -2.27. The molecule has 1 aromatic heterocycles. The number of hydrogen-bond acceptors (Lipinski definition) is 4. The van der Waals surface area contributed by atoms with Gasteiger partial charge in [0.2, 0.25) is 0 Å². The predicted octanol–water partition coefficient (Wildman–Crippen LogP) is 6.69. The van der Waals surface area contributed by atoms with Gasteiger partial charge in [-0.2, -0.15) is 5.26 Å². The number of nitriles is 1. The van der Waals surface area contributed by atoms with Crippen molar-refractivity contribution in [2.75, 3.05) is 5.75 Å². The lowest BCUT2D eigenvalue weighted by molar-refractivity contribution is 0.392. The zero-order valence-corrected chi connectivity index (χ0v) is 19.1. The van der Waals surface area contributed by atoms with Crippen molar-refractivity contribution in [3.05, 3.63) is 107 Å². The fraction of sp³-hybridized carbons (Fsp3) is 0.286. The van der Waals surface area contributed by atoms with Crippen molar-refractivity contribution in [2.24, 2.45) is 5.92 Å². The molecule has 0 aliphatic heterocycles. The van der Waals surface area contributed by atoms with Gasteiger partial charge in [0.15, 0.2) is 0 Å². The number of aromatic nitrogens is 1. The Kier molecular flexibility index (Phi) is 8.14. The Labute approximate surface area is 195 Å². The Balaban J connectivity index is 1.51. The lowest BCUT2D eigenvalue weighted by Gasteiger charge is -2.26. The second-order valence-corrected chi connectivity index (χ2v) is 9.34. The van der Waals surface area contributed by atoms with Gasteiger partial charge >= 0.3 is 0 Å². The highest BCUT2D eigenvalue weighted by atomic mass is 32.2. The van der Waals surface area contributed by atoms with E-state index in [9.17, 15) is 0 Å². The van der Waals surface area contributed by atoms with Crippen LogP contribution in [0.25, 0.3) is 0 Å². The first-order valence-electron chi connectivity index (χ1n) is 11.3. The van der Waals surface area contributed by atoms with Crippen molar-refractivity contribution in [1.29, 1.82) is 5.26 Å². The average molecular weight is 440 g/mol. The molecule has 162 valence electrons. The molecule has 3 aromatic rings. The van der Waals surface area contributed by atoms with Gasteiger partial charge in [-0.3, -0.25) is 4.98 Å². The first kappa shape index (κ1) is 22.3. The summed E-state index contributed by atoms with van der Waals surface area (Å²) in [5.74, 6) is 1.49. The van der Waals surface area contributed by atoms with Crippen LogP contribution in [0.5, 0.6) is 0 Å². The standard InChI is InChI=1S/C28H29N3S/c29-18-22-12-14-23(15-13-22)19-31-28(26-9-6-16-30-20-26)25-8-5-4-7-24(17-25)21-32-27-10-2-1-3-11-27/h1-3,6,9-17,20,25,28,31H,4-5,7-8,19,21H2. The first-order chi connectivity index (χ1) is 15.8. The third-order valence-corrected chi connectivity index (χ3v) is 7.10. The first-order valence-corrected chi connectivity index (χ1v) is 12.3. The lowest BCUT2D eigenvalue weighted by atomic mass is 9.89.